The Labute approximate surface area is 126 Å². The summed E-state index contributed by atoms with van der Waals surface area (Å²) < 4.78 is 28.6. The van der Waals surface area contributed by atoms with Gasteiger partial charge in [-0.25, -0.2) is 8.78 Å². The van der Waals surface area contributed by atoms with Gasteiger partial charge in [-0.15, -0.1) is 0 Å². The van der Waals surface area contributed by atoms with Crippen LogP contribution in [0.3, 0.4) is 0 Å². The molecule has 22 heavy (non-hydrogen) atoms. The molecule has 2 amide bonds. The first-order valence-corrected chi connectivity index (χ1v) is 7.13. The number of nitrogens with one attached hydrogen (secondary N) is 1. The topological polar surface area (TPSA) is 75.4 Å². The van der Waals surface area contributed by atoms with Gasteiger partial charge in [0.1, 0.15) is 11.6 Å². The van der Waals surface area contributed by atoms with Crippen LogP contribution in [0.15, 0.2) is 12.1 Å². The van der Waals surface area contributed by atoms with Crippen molar-refractivity contribution >= 4 is 17.5 Å². The van der Waals surface area contributed by atoms with E-state index in [-0.39, 0.29) is 23.9 Å². The van der Waals surface area contributed by atoms with Crippen LogP contribution in [0.5, 0.6) is 0 Å². The lowest BCUT2D eigenvalue weighted by Crippen LogP contribution is -2.65. The Bertz CT molecular complexity index is 629. The number of rotatable bonds is 2. The van der Waals surface area contributed by atoms with E-state index in [0.717, 1.165) is 0 Å². The number of carbonyl (C=O) groups is 2. The van der Waals surface area contributed by atoms with E-state index in [0.29, 0.717) is 18.8 Å². The second kappa shape index (κ2) is 5.01. The number of carbonyl (C=O) groups excluding carboxylic acids is 2. The van der Waals surface area contributed by atoms with Gasteiger partial charge in [-0.2, -0.15) is 0 Å². The molecule has 2 saturated heterocycles. The van der Waals surface area contributed by atoms with Gasteiger partial charge < -0.3 is 10.6 Å². The summed E-state index contributed by atoms with van der Waals surface area (Å²) in [5.74, 6) is -3.57. The van der Waals surface area contributed by atoms with Crippen LogP contribution in [-0.2, 0) is 9.59 Å². The van der Waals surface area contributed by atoms with Gasteiger partial charge in [0.2, 0.25) is 11.8 Å². The summed E-state index contributed by atoms with van der Waals surface area (Å²) in [6, 6.07) is 2.44. The van der Waals surface area contributed by atoms with Gasteiger partial charge >= 0.3 is 0 Å². The highest BCUT2D eigenvalue weighted by Gasteiger charge is 2.37. The molecule has 1 aromatic carbocycles. The van der Waals surface area contributed by atoms with Crippen LogP contribution in [0.1, 0.15) is 31.2 Å². The van der Waals surface area contributed by atoms with Crippen molar-refractivity contribution in [1.82, 2.24) is 5.32 Å². The van der Waals surface area contributed by atoms with Gasteiger partial charge in [-0.3, -0.25) is 14.9 Å². The SMILES string of the molecule is CC1(N)CN(c2cc(F)c(C3CCC(=O)NC3=O)c(F)c2)C1. The summed E-state index contributed by atoms with van der Waals surface area (Å²) in [7, 11) is 0. The predicted molar refractivity (Wildman–Crippen MR) is 76.3 cm³/mol. The number of nitrogens with two attached hydrogens (primary N) is 1. The average Bonchev–Trinajstić information content (AvgIpc) is 2.37. The van der Waals surface area contributed by atoms with Crippen LogP contribution < -0.4 is 16.0 Å². The fourth-order valence-corrected chi connectivity index (χ4v) is 3.06. The zero-order chi connectivity index (χ0) is 16.1. The van der Waals surface area contributed by atoms with Crippen molar-refractivity contribution in [3.8, 4) is 0 Å². The van der Waals surface area contributed by atoms with Crippen molar-refractivity contribution < 1.29 is 18.4 Å². The molecule has 2 fully saturated rings. The van der Waals surface area contributed by atoms with Crippen LogP contribution in [-0.4, -0.2) is 30.4 Å². The minimum Gasteiger partial charge on any atom is -0.368 e. The van der Waals surface area contributed by atoms with E-state index in [4.69, 9.17) is 5.73 Å². The second-order valence-corrected chi connectivity index (χ2v) is 6.34. The normalized spacial score (nSPS) is 24.0. The number of anilines is 1. The standard InChI is InChI=1S/C15H17F2N3O2/c1-15(18)6-20(7-15)8-4-10(16)13(11(17)5-8)9-2-3-12(21)19-14(9)22/h4-5,9H,2-3,6-7,18H2,1H3,(H,19,21,22). The van der Waals surface area contributed by atoms with Crippen molar-refractivity contribution in [2.45, 2.75) is 31.2 Å². The quantitative estimate of drug-likeness (QED) is 0.800. The van der Waals surface area contributed by atoms with E-state index < -0.39 is 29.4 Å². The Hall–Kier alpha value is -2.02. The van der Waals surface area contributed by atoms with Gasteiger partial charge in [0.25, 0.3) is 0 Å². The Morgan fingerprint density at radius 2 is 1.86 bits per heavy atom. The van der Waals surface area contributed by atoms with Crippen LogP contribution in [0.4, 0.5) is 14.5 Å². The molecule has 1 aromatic rings. The molecule has 118 valence electrons. The molecule has 1 unspecified atom stereocenters. The molecule has 7 heteroatoms. The van der Waals surface area contributed by atoms with Crippen molar-refractivity contribution in [1.29, 1.82) is 0 Å². The predicted octanol–water partition coefficient (Wildman–Crippen LogP) is 1.02. The summed E-state index contributed by atoms with van der Waals surface area (Å²) in [6.07, 6.45) is 0.192. The fourth-order valence-electron chi connectivity index (χ4n) is 3.06. The van der Waals surface area contributed by atoms with Gasteiger partial charge in [-0.05, 0) is 25.5 Å². The van der Waals surface area contributed by atoms with E-state index in [1.807, 2.05) is 6.92 Å². The molecule has 0 spiro atoms. The fraction of sp³-hybridized carbons (Fsp3) is 0.467. The molecule has 5 nitrogen and oxygen atoms in total. The summed E-state index contributed by atoms with van der Waals surface area (Å²) in [6.45, 7) is 2.90. The van der Waals surface area contributed by atoms with Crippen molar-refractivity contribution in [2.75, 3.05) is 18.0 Å². The Kier molecular flexibility index (Phi) is 3.40. The first-order valence-electron chi connectivity index (χ1n) is 7.13. The Balaban J connectivity index is 1.87. The third-order valence-corrected chi connectivity index (χ3v) is 4.12. The monoisotopic (exact) mass is 309 g/mol. The molecule has 2 aliphatic heterocycles. The zero-order valence-corrected chi connectivity index (χ0v) is 12.2. The average molecular weight is 309 g/mol. The van der Waals surface area contributed by atoms with Crippen molar-refractivity contribution in [3.05, 3.63) is 29.3 Å². The minimum atomic E-state index is -0.970. The number of piperidine rings is 1. The smallest absolute Gasteiger partial charge is 0.234 e. The summed E-state index contributed by atoms with van der Waals surface area (Å²) in [5.41, 5.74) is 5.68. The summed E-state index contributed by atoms with van der Waals surface area (Å²) in [5, 5.41) is 2.11. The Morgan fingerprint density at radius 1 is 1.27 bits per heavy atom. The largest absolute Gasteiger partial charge is 0.368 e. The molecular weight excluding hydrogens is 292 g/mol. The maximum absolute atomic E-state index is 14.3. The van der Waals surface area contributed by atoms with Crippen molar-refractivity contribution in [2.24, 2.45) is 5.73 Å². The first kappa shape index (κ1) is 14.9. The number of hydrogen-bond acceptors (Lipinski definition) is 4. The summed E-state index contributed by atoms with van der Waals surface area (Å²) in [4.78, 5) is 24.7. The Morgan fingerprint density at radius 3 is 2.36 bits per heavy atom. The maximum Gasteiger partial charge on any atom is 0.234 e. The summed E-state index contributed by atoms with van der Waals surface area (Å²) >= 11 is 0. The lowest BCUT2D eigenvalue weighted by Gasteiger charge is -2.47. The van der Waals surface area contributed by atoms with Crippen LogP contribution in [0, 0.1) is 11.6 Å². The van der Waals surface area contributed by atoms with Crippen LogP contribution in [0.2, 0.25) is 0 Å². The van der Waals surface area contributed by atoms with Gasteiger partial charge in [0.15, 0.2) is 0 Å². The molecule has 3 rings (SSSR count). The number of nitrogens with zero attached hydrogens (tertiary/aromatic N) is 1. The first-order chi connectivity index (χ1) is 10.3. The van der Waals surface area contributed by atoms with Gasteiger partial charge in [-0.1, -0.05) is 0 Å². The van der Waals surface area contributed by atoms with Crippen LogP contribution >= 0.6 is 0 Å². The molecule has 0 saturated carbocycles. The van der Waals surface area contributed by atoms with Gasteiger partial charge in [0.05, 0.1) is 5.92 Å². The molecule has 0 aromatic heterocycles. The third kappa shape index (κ3) is 2.56. The number of benzene rings is 1. The molecule has 0 bridgehead atoms. The minimum absolute atomic E-state index is 0.0781. The molecule has 2 heterocycles. The number of amides is 2. The van der Waals surface area contributed by atoms with E-state index in [1.54, 1.807) is 4.90 Å². The van der Waals surface area contributed by atoms with E-state index in [9.17, 15) is 18.4 Å². The number of hydrogen-bond donors (Lipinski definition) is 2. The highest BCUT2D eigenvalue weighted by atomic mass is 19.1. The lowest BCUT2D eigenvalue weighted by atomic mass is 9.88. The lowest BCUT2D eigenvalue weighted by molar-refractivity contribution is -0.134. The van der Waals surface area contributed by atoms with Gasteiger partial charge in [0, 0.05) is 36.3 Å². The second-order valence-electron chi connectivity index (χ2n) is 6.34. The van der Waals surface area contributed by atoms with E-state index >= 15 is 0 Å². The van der Waals surface area contributed by atoms with E-state index in [2.05, 4.69) is 5.32 Å². The molecule has 0 radical (unpaired) electrons. The molecule has 3 N–H and O–H groups in total. The van der Waals surface area contributed by atoms with Crippen LogP contribution in [0.25, 0.3) is 0 Å². The van der Waals surface area contributed by atoms with Crippen molar-refractivity contribution in [3.63, 3.8) is 0 Å². The number of halogens is 2. The zero-order valence-electron chi connectivity index (χ0n) is 12.2. The third-order valence-electron chi connectivity index (χ3n) is 4.12. The molecular formula is C15H17F2N3O2. The molecule has 0 aliphatic carbocycles. The molecule has 1 atom stereocenters. The highest BCUT2D eigenvalue weighted by molar-refractivity contribution is 6.01. The maximum atomic E-state index is 14.3. The number of imide groups is 1. The molecule has 2 aliphatic rings. The highest BCUT2D eigenvalue weighted by Crippen LogP contribution is 2.34. The van der Waals surface area contributed by atoms with E-state index in [1.165, 1.54) is 12.1 Å².